The Morgan fingerprint density at radius 1 is 0.711 bits per heavy atom. The maximum atomic E-state index is 15.1. The van der Waals surface area contributed by atoms with Gasteiger partial charge in [-0.1, -0.05) is 121 Å². The highest BCUT2D eigenvalue weighted by Crippen LogP contribution is 2.43. The van der Waals surface area contributed by atoms with Crippen molar-refractivity contribution in [3.63, 3.8) is 0 Å². The normalized spacial score (nSPS) is 14.9. The Hall–Kier alpha value is -5.66. The maximum Gasteiger partial charge on any atom is 0.272 e. The van der Waals surface area contributed by atoms with Gasteiger partial charge in [-0.2, -0.15) is 0 Å². The quantitative estimate of drug-likeness (QED) is 0.207. The Bertz CT molecular complexity index is 1930. The molecule has 0 saturated heterocycles. The van der Waals surface area contributed by atoms with E-state index < -0.39 is 17.6 Å². The SMILES string of the molecule is CC1=NC(N)C(=O)N(c2cn(C(c3ccccc3)(c3ccccc3)c3ccccc3)cn2)c2cccc(-c3ccccc3F)c21. The molecule has 0 saturated carbocycles. The first kappa shape index (κ1) is 28.1. The molecular weight excluding hydrogens is 561 g/mol. The summed E-state index contributed by atoms with van der Waals surface area (Å²) in [6.07, 6.45) is 2.45. The maximum absolute atomic E-state index is 15.1. The number of nitrogens with two attached hydrogens (primary N) is 1. The second-order valence-corrected chi connectivity index (χ2v) is 11.0. The summed E-state index contributed by atoms with van der Waals surface area (Å²) in [6, 6.07) is 42.7. The van der Waals surface area contributed by atoms with Crippen molar-refractivity contribution in [2.45, 2.75) is 18.6 Å². The average Bonchev–Trinajstić information content (AvgIpc) is 3.53. The zero-order chi connectivity index (χ0) is 31.0. The summed E-state index contributed by atoms with van der Waals surface area (Å²) in [5, 5.41) is 0. The standard InChI is InChI=1S/C38H30FN5O/c1-26-35-31(30-20-11-12-22-32(30)39)21-13-23-33(35)44(37(45)36(40)42-26)34-24-43(25-41-34)38(27-14-5-2-6-15-27,28-16-7-3-8-17-28)29-18-9-4-10-19-29/h2-25,36H,40H2,1H3. The van der Waals surface area contributed by atoms with E-state index in [1.807, 2.05) is 83.6 Å². The smallest absolute Gasteiger partial charge is 0.272 e. The monoisotopic (exact) mass is 591 g/mol. The molecule has 6 nitrogen and oxygen atoms in total. The summed E-state index contributed by atoms with van der Waals surface area (Å²) >= 11 is 0. The number of hydrogen-bond acceptors (Lipinski definition) is 4. The van der Waals surface area contributed by atoms with Crippen LogP contribution in [0.1, 0.15) is 29.2 Å². The number of fused-ring (bicyclic) bond motifs is 1. The number of amides is 1. The van der Waals surface area contributed by atoms with Gasteiger partial charge in [0, 0.05) is 16.8 Å². The second-order valence-electron chi connectivity index (χ2n) is 11.0. The van der Waals surface area contributed by atoms with Crippen LogP contribution in [0, 0.1) is 5.82 Å². The van der Waals surface area contributed by atoms with Gasteiger partial charge < -0.3 is 10.3 Å². The van der Waals surface area contributed by atoms with Crippen LogP contribution in [0.3, 0.4) is 0 Å². The van der Waals surface area contributed by atoms with E-state index >= 15 is 4.39 Å². The Morgan fingerprint density at radius 2 is 1.24 bits per heavy atom. The lowest BCUT2D eigenvalue weighted by molar-refractivity contribution is -0.118. The predicted octanol–water partition coefficient (Wildman–Crippen LogP) is 7.30. The highest BCUT2D eigenvalue weighted by atomic mass is 19.1. The summed E-state index contributed by atoms with van der Waals surface area (Å²) in [5.41, 5.74) is 11.3. The number of hydrogen-bond donors (Lipinski definition) is 1. The fourth-order valence-electron chi connectivity index (χ4n) is 6.42. The van der Waals surface area contributed by atoms with E-state index in [-0.39, 0.29) is 5.82 Å². The van der Waals surface area contributed by atoms with Crippen LogP contribution >= 0.6 is 0 Å². The minimum atomic E-state index is -1.17. The zero-order valence-electron chi connectivity index (χ0n) is 24.6. The molecule has 2 heterocycles. The van der Waals surface area contributed by atoms with Gasteiger partial charge in [0.15, 0.2) is 12.0 Å². The van der Waals surface area contributed by atoms with Crippen LogP contribution in [0.15, 0.2) is 151 Å². The number of aromatic nitrogens is 2. The van der Waals surface area contributed by atoms with Crippen LogP contribution in [0.5, 0.6) is 0 Å². The van der Waals surface area contributed by atoms with Crippen molar-refractivity contribution >= 4 is 23.1 Å². The molecule has 0 spiro atoms. The Kier molecular flexibility index (Phi) is 7.16. The van der Waals surface area contributed by atoms with Crippen LogP contribution < -0.4 is 10.6 Å². The van der Waals surface area contributed by atoms with E-state index in [0.29, 0.717) is 33.9 Å². The van der Waals surface area contributed by atoms with Crippen molar-refractivity contribution in [3.05, 3.63) is 174 Å². The Labute approximate surface area is 260 Å². The van der Waals surface area contributed by atoms with Crippen LogP contribution in [0.2, 0.25) is 0 Å². The highest BCUT2D eigenvalue weighted by molar-refractivity contribution is 6.17. The fourth-order valence-corrected chi connectivity index (χ4v) is 6.42. The number of aliphatic imine (C=N–C) groups is 1. The fraction of sp³-hybridized carbons (Fsp3) is 0.0789. The molecule has 0 aliphatic carbocycles. The van der Waals surface area contributed by atoms with E-state index in [9.17, 15) is 4.79 Å². The van der Waals surface area contributed by atoms with Gasteiger partial charge in [-0.05, 0) is 41.3 Å². The molecule has 5 aromatic carbocycles. The van der Waals surface area contributed by atoms with Crippen molar-refractivity contribution in [3.8, 4) is 11.1 Å². The number of benzene rings is 5. The van der Waals surface area contributed by atoms with Gasteiger partial charge in [-0.25, -0.2) is 9.37 Å². The molecule has 1 aliphatic heterocycles. The molecule has 45 heavy (non-hydrogen) atoms. The van der Waals surface area contributed by atoms with E-state index in [2.05, 4.69) is 41.4 Å². The van der Waals surface area contributed by atoms with Gasteiger partial charge >= 0.3 is 0 Å². The minimum absolute atomic E-state index is 0.368. The first-order valence-electron chi connectivity index (χ1n) is 14.7. The van der Waals surface area contributed by atoms with Crippen molar-refractivity contribution < 1.29 is 9.18 Å². The number of nitrogens with zero attached hydrogens (tertiary/aromatic N) is 4. The van der Waals surface area contributed by atoms with Crippen molar-refractivity contribution in [2.75, 3.05) is 4.90 Å². The largest absolute Gasteiger partial charge is 0.317 e. The number of anilines is 2. The third-order valence-electron chi connectivity index (χ3n) is 8.38. The average molecular weight is 592 g/mol. The van der Waals surface area contributed by atoms with Crippen molar-refractivity contribution in [1.29, 1.82) is 0 Å². The van der Waals surface area contributed by atoms with Gasteiger partial charge in [0.2, 0.25) is 0 Å². The molecule has 6 aromatic rings. The second kappa shape index (κ2) is 11.4. The van der Waals surface area contributed by atoms with E-state index in [4.69, 9.17) is 10.7 Å². The lowest BCUT2D eigenvalue weighted by Gasteiger charge is -2.37. The van der Waals surface area contributed by atoms with Crippen molar-refractivity contribution in [1.82, 2.24) is 9.55 Å². The summed E-state index contributed by atoms with van der Waals surface area (Å²) in [5.74, 6) is -0.430. The molecule has 1 aromatic heterocycles. The number of benzodiazepines with no additional fused rings is 1. The summed E-state index contributed by atoms with van der Waals surface area (Å²) in [6.45, 7) is 1.80. The number of carbonyl (C=O) groups excluding carboxylic acids is 1. The lowest BCUT2D eigenvalue weighted by Crippen LogP contribution is -2.40. The Balaban J connectivity index is 1.47. The van der Waals surface area contributed by atoms with Gasteiger partial charge in [0.25, 0.3) is 5.91 Å². The molecule has 0 bridgehead atoms. The van der Waals surface area contributed by atoms with Gasteiger partial charge in [0.1, 0.15) is 11.4 Å². The molecule has 220 valence electrons. The molecule has 0 radical (unpaired) electrons. The first-order chi connectivity index (χ1) is 22.0. The summed E-state index contributed by atoms with van der Waals surface area (Å²) < 4.78 is 17.1. The Morgan fingerprint density at radius 3 is 1.82 bits per heavy atom. The number of imidazole rings is 1. The lowest BCUT2D eigenvalue weighted by atomic mass is 9.77. The van der Waals surface area contributed by atoms with Crippen LogP contribution in [0.25, 0.3) is 11.1 Å². The third kappa shape index (κ3) is 4.65. The van der Waals surface area contributed by atoms with Gasteiger partial charge in [-0.3, -0.25) is 14.7 Å². The number of rotatable bonds is 6. The third-order valence-corrected chi connectivity index (χ3v) is 8.38. The molecule has 0 fully saturated rings. The zero-order valence-corrected chi connectivity index (χ0v) is 24.6. The van der Waals surface area contributed by atoms with Crippen molar-refractivity contribution in [2.24, 2.45) is 10.7 Å². The molecule has 1 atom stereocenters. The molecule has 7 heteroatoms. The highest BCUT2D eigenvalue weighted by Gasteiger charge is 2.40. The minimum Gasteiger partial charge on any atom is -0.317 e. The van der Waals surface area contributed by atoms with Gasteiger partial charge in [0.05, 0.1) is 18.2 Å². The molecule has 1 unspecified atom stereocenters. The van der Waals surface area contributed by atoms with E-state index in [1.165, 1.54) is 11.0 Å². The molecule has 2 N–H and O–H groups in total. The molecular formula is C38H30FN5O. The molecule has 1 aliphatic rings. The summed E-state index contributed by atoms with van der Waals surface area (Å²) in [7, 11) is 0. The number of halogens is 1. The van der Waals surface area contributed by atoms with E-state index in [1.54, 1.807) is 31.5 Å². The molecule has 7 rings (SSSR count). The topological polar surface area (TPSA) is 76.5 Å². The van der Waals surface area contributed by atoms with E-state index in [0.717, 1.165) is 16.7 Å². The van der Waals surface area contributed by atoms with Crippen LogP contribution in [-0.4, -0.2) is 27.3 Å². The number of carbonyl (C=O) groups is 1. The van der Waals surface area contributed by atoms with Crippen LogP contribution in [0.4, 0.5) is 15.9 Å². The summed E-state index contributed by atoms with van der Waals surface area (Å²) in [4.78, 5) is 24.9. The van der Waals surface area contributed by atoms with Crippen LogP contribution in [-0.2, 0) is 10.3 Å². The van der Waals surface area contributed by atoms with Gasteiger partial charge in [-0.15, -0.1) is 0 Å². The molecule has 1 amide bonds. The first-order valence-corrected chi connectivity index (χ1v) is 14.7. The predicted molar refractivity (Wildman–Crippen MR) is 176 cm³/mol.